The second-order valence-electron chi connectivity index (χ2n) is 7.60. The van der Waals surface area contributed by atoms with Crippen molar-refractivity contribution in [2.24, 2.45) is 10.2 Å². The maximum Gasteiger partial charge on any atom is 0.295 e. The lowest BCUT2D eigenvalue weighted by Gasteiger charge is -2.08. The van der Waals surface area contributed by atoms with Crippen molar-refractivity contribution in [3.63, 3.8) is 0 Å². The molecule has 16 heteroatoms. The van der Waals surface area contributed by atoms with Gasteiger partial charge in [-0.1, -0.05) is 0 Å². The minimum absolute atomic E-state index is 0.0528. The van der Waals surface area contributed by atoms with Gasteiger partial charge in [0.25, 0.3) is 17.5 Å². The molecule has 0 spiro atoms. The first kappa shape index (κ1) is 28.9. The summed E-state index contributed by atoms with van der Waals surface area (Å²) >= 11 is 18.6. The van der Waals surface area contributed by atoms with Crippen molar-refractivity contribution >= 4 is 109 Å². The lowest BCUT2D eigenvalue weighted by Crippen LogP contribution is -2.27. The van der Waals surface area contributed by atoms with Gasteiger partial charge in [0.15, 0.2) is 0 Å². The Labute approximate surface area is 257 Å². The fourth-order valence-electron chi connectivity index (χ4n) is 3.45. The van der Waals surface area contributed by atoms with Crippen molar-refractivity contribution in [3.8, 4) is 17.4 Å². The van der Waals surface area contributed by atoms with Gasteiger partial charge in [0.1, 0.15) is 0 Å². The zero-order valence-electron chi connectivity index (χ0n) is 18.9. The van der Waals surface area contributed by atoms with E-state index in [-0.39, 0.29) is 33.7 Å². The number of carbonyl (C=O) groups excluding carboxylic acids is 2. The predicted octanol–water partition coefficient (Wildman–Crippen LogP) is 7.31. The number of aromatic hydroxyl groups is 2. The van der Waals surface area contributed by atoms with Crippen molar-refractivity contribution in [2.75, 3.05) is 0 Å². The van der Waals surface area contributed by atoms with E-state index >= 15 is 0 Å². The van der Waals surface area contributed by atoms with E-state index in [1.165, 1.54) is 41.0 Å². The quantitative estimate of drug-likeness (QED) is 0.0487. The highest BCUT2D eigenvalue weighted by atomic mass is 79.9. The molecule has 0 aliphatic carbocycles. The summed E-state index contributed by atoms with van der Waals surface area (Å²) in [5, 5.41) is 42.1. The first-order chi connectivity index (χ1) is 18.4. The second-order valence-corrected chi connectivity index (χ2v) is 11.2. The average Bonchev–Trinajstić information content (AvgIpc) is 3.19. The highest BCUT2D eigenvalue weighted by Gasteiger charge is 2.26. The van der Waals surface area contributed by atoms with Gasteiger partial charge in [-0.15, -0.1) is 10.2 Å². The van der Waals surface area contributed by atoms with E-state index in [0.717, 1.165) is 12.1 Å². The van der Waals surface area contributed by atoms with Crippen LogP contribution in [-0.2, 0) is 0 Å². The number of thiocarbonyl (C=S) groups is 1. The van der Waals surface area contributed by atoms with Crippen LogP contribution in [-0.4, -0.2) is 36.6 Å². The third-order valence-corrected chi connectivity index (χ3v) is 10.3. The number of nitro benzene ring substituents is 1. The summed E-state index contributed by atoms with van der Waals surface area (Å²) < 4.78 is 3.51. The average molecular weight is 805 g/mol. The van der Waals surface area contributed by atoms with E-state index in [1.807, 2.05) is 0 Å². The maximum absolute atomic E-state index is 12.6. The molecule has 198 valence electrons. The van der Waals surface area contributed by atoms with Crippen molar-refractivity contribution in [3.05, 3.63) is 87.7 Å². The summed E-state index contributed by atoms with van der Waals surface area (Å²) in [5.74, 6) is -1.92. The van der Waals surface area contributed by atoms with E-state index in [1.54, 1.807) is 0 Å². The third-order valence-electron chi connectivity index (χ3n) is 5.30. The van der Waals surface area contributed by atoms with Crippen LogP contribution >= 0.6 is 75.9 Å². The number of hydrogen-bond donors (Lipinski definition) is 3. The smallest absolute Gasteiger partial charge is 0.295 e. The number of nitrogens with one attached hydrogen (secondary N) is 1. The van der Waals surface area contributed by atoms with Crippen LogP contribution in [0.15, 0.2) is 76.7 Å². The summed E-state index contributed by atoms with van der Waals surface area (Å²) in [7, 11) is 0. The molecule has 11 nitrogen and oxygen atoms in total. The number of rotatable bonds is 4. The second kappa shape index (κ2) is 11.6. The summed E-state index contributed by atoms with van der Waals surface area (Å²) in [6.45, 7) is 0. The lowest BCUT2D eigenvalue weighted by molar-refractivity contribution is -0.384. The van der Waals surface area contributed by atoms with E-state index in [9.17, 15) is 29.9 Å². The molecule has 0 saturated heterocycles. The Hall–Kier alpha value is -3.05. The van der Waals surface area contributed by atoms with Gasteiger partial charge in [-0.2, -0.15) is 0 Å². The Morgan fingerprint density at radius 1 is 0.821 bits per heavy atom. The molecule has 0 fully saturated rings. The van der Waals surface area contributed by atoms with Crippen molar-refractivity contribution in [1.82, 2.24) is 9.88 Å². The van der Waals surface area contributed by atoms with Crippen LogP contribution in [0.5, 0.6) is 11.8 Å². The molecule has 3 aromatic carbocycles. The lowest BCUT2D eigenvalue weighted by atomic mass is 10.2. The van der Waals surface area contributed by atoms with Crippen LogP contribution in [0.3, 0.4) is 0 Å². The molecule has 4 rings (SSSR count). The Kier molecular flexibility index (Phi) is 8.60. The Balaban J connectivity index is 1.50. The van der Waals surface area contributed by atoms with Gasteiger partial charge in [0, 0.05) is 41.2 Å². The number of azo groups is 1. The van der Waals surface area contributed by atoms with Crippen LogP contribution in [0.1, 0.15) is 20.7 Å². The molecule has 0 aliphatic heterocycles. The van der Waals surface area contributed by atoms with Gasteiger partial charge >= 0.3 is 0 Å². The first-order valence-electron chi connectivity index (χ1n) is 10.4. The van der Waals surface area contributed by atoms with Crippen molar-refractivity contribution < 1.29 is 24.7 Å². The summed E-state index contributed by atoms with van der Waals surface area (Å²) in [5.41, 5.74) is 0.396. The zero-order chi connectivity index (χ0) is 28.6. The van der Waals surface area contributed by atoms with E-state index in [4.69, 9.17) is 12.2 Å². The summed E-state index contributed by atoms with van der Waals surface area (Å²) in [4.78, 5) is 34.8. The monoisotopic (exact) mass is 801 g/mol. The number of amides is 2. The van der Waals surface area contributed by atoms with Crippen LogP contribution < -0.4 is 5.32 Å². The number of carbonyl (C=O) groups is 2. The SMILES string of the molecule is O=C(N=NC(=S)NC(=O)c1ccc(-n2c(O)c3c(Br)c(Br)c(Br)c(Br)c3c2O)cc1)c1ccc([N+](=O)[O-])cc1. The molecule has 1 aromatic heterocycles. The van der Waals surface area contributed by atoms with Crippen molar-refractivity contribution in [2.45, 2.75) is 0 Å². The van der Waals surface area contributed by atoms with E-state index in [2.05, 4.69) is 79.3 Å². The molecule has 0 unspecified atom stereocenters. The highest BCUT2D eigenvalue weighted by molar-refractivity contribution is 9.15. The van der Waals surface area contributed by atoms with Gasteiger partial charge < -0.3 is 10.2 Å². The molecule has 0 atom stereocenters. The zero-order valence-corrected chi connectivity index (χ0v) is 26.0. The highest BCUT2D eigenvalue weighted by Crippen LogP contribution is 2.51. The number of nitrogens with zero attached hydrogens (tertiary/aromatic N) is 4. The number of hydrogen-bond acceptors (Lipinski definition) is 7. The fraction of sp³-hybridized carbons (Fsp3) is 0. The molecule has 4 aromatic rings. The molecule has 0 aliphatic rings. The van der Waals surface area contributed by atoms with E-state index < -0.39 is 16.7 Å². The molecule has 0 saturated carbocycles. The number of non-ortho nitro benzene ring substituents is 1. The minimum atomic E-state index is -0.804. The molecule has 3 N–H and O–H groups in total. The maximum atomic E-state index is 12.6. The number of halogens is 4. The molecule has 1 heterocycles. The molecule has 0 bridgehead atoms. The number of benzene rings is 3. The molecular weight excluding hydrogens is 794 g/mol. The summed E-state index contributed by atoms with van der Waals surface area (Å²) in [6, 6.07) is 10.6. The minimum Gasteiger partial charge on any atom is -0.494 e. The topological polar surface area (TPSA) is 159 Å². The largest absolute Gasteiger partial charge is 0.494 e. The molecular formula is C23H11Br4N5O6S. The van der Waals surface area contributed by atoms with Gasteiger partial charge in [-0.3, -0.25) is 29.6 Å². The van der Waals surface area contributed by atoms with Gasteiger partial charge in [-0.25, -0.2) is 0 Å². The third kappa shape index (κ3) is 5.65. The summed E-state index contributed by atoms with van der Waals surface area (Å²) in [6.07, 6.45) is 0. The van der Waals surface area contributed by atoms with Crippen LogP contribution in [0.2, 0.25) is 0 Å². The number of fused-ring (bicyclic) bond motifs is 1. The number of aromatic nitrogens is 1. The van der Waals surface area contributed by atoms with Crippen LogP contribution in [0.4, 0.5) is 5.69 Å². The fourth-order valence-corrected chi connectivity index (χ4v) is 6.06. The van der Waals surface area contributed by atoms with Crippen LogP contribution in [0.25, 0.3) is 16.5 Å². The van der Waals surface area contributed by atoms with Crippen molar-refractivity contribution in [1.29, 1.82) is 0 Å². The number of nitro groups is 1. The molecule has 0 radical (unpaired) electrons. The standard InChI is InChI=1S/C23H11Br4N5O6S/c24-15-13-14(16(25)18(27)17(15)26)22(36)31(21(13)35)11-5-1-9(2-6-11)19(33)28-23(39)30-29-20(34)10-3-7-12(8-4-10)32(37)38/h1-8,35-36H,(H,28,33,39). The van der Waals surface area contributed by atoms with Gasteiger partial charge in [0.2, 0.25) is 16.9 Å². The molecule has 39 heavy (non-hydrogen) atoms. The molecule has 2 amide bonds. The van der Waals surface area contributed by atoms with E-state index in [0.29, 0.717) is 34.4 Å². The Morgan fingerprint density at radius 3 is 1.79 bits per heavy atom. The first-order valence-corrected chi connectivity index (χ1v) is 13.9. The van der Waals surface area contributed by atoms with Crippen LogP contribution in [0, 0.1) is 10.1 Å². The Morgan fingerprint density at radius 2 is 1.31 bits per heavy atom. The normalized spacial score (nSPS) is 11.2. The van der Waals surface area contributed by atoms with Gasteiger partial charge in [0.05, 0.1) is 21.4 Å². The Bertz CT molecular complexity index is 1670. The van der Waals surface area contributed by atoms with Gasteiger partial charge in [-0.05, 0) is 112 Å². The predicted molar refractivity (Wildman–Crippen MR) is 160 cm³/mol.